The van der Waals surface area contributed by atoms with Gasteiger partial charge in [0.25, 0.3) is 11.8 Å². The first kappa shape index (κ1) is 18.1. The van der Waals surface area contributed by atoms with Gasteiger partial charge in [0.2, 0.25) is 0 Å². The van der Waals surface area contributed by atoms with E-state index < -0.39 is 11.8 Å². The summed E-state index contributed by atoms with van der Waals surface area (Å²) in [6.07, 6.45) is 1.38. The molecule has 26 heavy (non-hydrogen) atoms. The third-order valence-electron chi connectivity index (χ3n) is 3.89. The SMILES string of the molecule is COc1cc(/C=C2\C(=O)NN(c3ccc(C)c(Cl)c3)C2=O)cc(Cl)c1O. The Morgan fingerprint density at radius 1 is 1.15 bits per heavy atom. The van der Waals surface area contributed by atoms with Crippen LogP contribution in [0.4, 0.5) is 5.69 Å². The maximum absolute atomic E-state index is 12.6. The Morgan fingerprint density at radius 3 is 2.54 bits per heavy atom. The van der Waals surface area contributed by atoms with Crippen molar-refractivity contribution >= 4 is 46.8 Å². The van der Waals surface area contributed by atoms with Crippen LogP contribution in [0.1, 0.15) is 11.1 Å². The Balaban J connectivity index is 1.98. The predicted molar refractivity (Wildman–Crippen MR) is 99.5 cm³/mol. The number of halogens is 2. The molecule has 0 aromatic heterocycles. The van der Waals surface area contributed by atoms with Gasteiger partial charge in [-0.15, -0.1) is 0 Å². The minimum atomic E-state index is -0.560. The maximum atomic E-state index is 12.6. The lowest BCUT2D eigenvalue weighted by molar-refractivity contribution is -0.117. The van der Waals surface area contributed by atoms with Gasteiger partial charge in [-0.1, -0.05) is 29.3 Å². The lowest BCUT2D eigenvalue weighted by Crippen LogP contribution is -2.35. The van der Waals surface area contributed by atoms with Gasteiger partial charge < -0.3 is 9.84 Å². The van der Waals surface area contributed by atoms with E-state index >= 15 is 0 Å². The molecule has 2 N–H and O–H groups in total. The van der Waals surface area contributed by atoms with Crippen molar-refractivity contribution in [2.45, 2.75) is 6.92 Å². The number of aromatic hydroxyl groups is 1. The lowest BCUT2D eigenvalue weighted by atomic mass is 10.1. The molecule has 0 saturated carbocycles. The Bertz CT molecular complexity index is 956. The number of hydrogen-bond acceptors (Lipinski definition) is 4. The second kappa shape index (κ2) is 6.90. The molecule has 134 valence electrons. The highest BCUT2D eigenvalue weighted by Crippen LogP contribution is 2.36. The molecule has 1 heterocycles. The number of phenolic OH excluding ortho intramolecular Hbond substituents is 1. The number of carbonyl (C=O) groups is 2. The molecule has 0 atom stereocenters. The van der Waals surface area contributed by atoms with Crippen LogP contribution in [0.25, 0.3) is 6.08 Å². The van der Waals surface area contributed by atoms with E-state index in [0.29, 0.717) is 16.3 Å². The monoisotopic (exact) mass is 392 g/mol. The zero-order valence-electron chi connectivity index (χ0n) is 13.8. The second-order valence-electron chi connectivity index (χ2n) is 5.63. The van der Waals surface area contributed by atoms with Crippen molar-refractivity contribution in [2.24, 2.45) is 0 Å². The fourth-order valence-corrected chi connectivity index (χ4v) is 2.85. The van der Waals surface area contributed by atoms with E-state index in [-0.39, 0.29) is 22.1 Å². The van der Waals surface area contributed by atoms with E-state index in [2.05, 4.69) is 5.43 Å². The summed E-state index contributed by atoms with van der Waals surface area (Å²) in [5.41, 5.74) is 4.16. The average molecular weight is 393 g/mol. The highest BCUT2D eigenvalue weighted by atomic mass is 35.5. The third-order valence-corrected chi connectivity index (χ3v) is 4.58. The number of benzene rings is 2. The molecule has 1 saturated heterocycles. The topological polar surface area (TPSA) is 78.9 Å². The fourth-order valence-electron chi connectivity index (χ4n) is 2.46. The summed E-state index contributed by atoms with van der Waals surface area (Å²) in [7, 11) is 1.37. The molecular formula is C18H14Cl2N2O4. The number of phenols is 1. The number of aryl methyl sites for hydroxylation is 1. The molecule has 2 aromatic carbocycles. The van der Waals surface area contributed by atoms with Crippen molar-refractivity contribution in [1.82, 2.24) is 5.43 Å². The minimum absolute atomic E-state index is 0.0456. The van der Waals surface area contributed by atoms with Gasteiger partial charge in [0.05, 0.1) is 17.8 Å². The van der Waals surface area contributed by atoms with E-state index in [0.717, 1.165) is 10.6 Å². The highest BCUT2D eigenvalue weighted by Gasteiger charge is 2.34. The summed E-state index contributed by atoms with van der Waals surface area (Å²) >= 11 is 12.0. The zero-order valence-corrected chi connectivity index (χ0v) is 15.4. The number of hydrazine groups is 1. The third kappa shape index (κ3) is 3.21. The molecule has 0 bridgehead atoms. The Morgan fingerprint density at radius 2 is 1.88 bits per heavy atom. The number of ether oxygens (including phenoxy) is 1. The minimum Gasteiger partial charge on any atom is -0.503 e. The quantitative estimate of drug-likeness (QED) is 0.618. The molecule has 8 heteroatoms. The van der Waals surface area contributed by atoms with E-state index in [1.807, 2.05) is 6.92 Å². The number of nitrogens with one attached hydrogen (secondary N) is 1. The summed E-state index contributed by atoms with van der Waals surface area (Å²) in [6.45, 7) is 1.84. The largest absolute Gasteiger partial charge is 0.503 e. The van der Waals surface area contributed by atoms with Crippen LogP contribution in [0.15, 0.2) is 35.9 Å². The van der Waals surface area contributed by atoms with Crippen LogP contribution in [0.3, 0.4) is 0 Å². The number of methoxy groups -OCH3 is 1. The predicted octanol–water partition coefficient (Wildman–Crippen LogP) is 3.48. The van der Waals surface area contributed by atoms with Crippen LogP contribution < -0.4 is 15.2 Å². The second-order valence-corrected chi connectivity index (χ2v) is 6.44. The number of anilines is 1. The first-order chi connectivity index (χ1) is 12.3. The van der Waals surface area contributed by atoms with E-state index in [9.17, 15) is 14.7 Å². The summed E-state index contributed by atoms with van der Waals surface area (Å²) in [5, 5.41) is 11.4. The average Bonchev–Trinajstić information content (AvgIpc) is 2.88. The van der Waals surface area contributed by atoms with Gasteiger partial charge in [-0.25, -0.2) is 5.01 Å². The first-order valence-corrected chi connectivity index (χ1v) is 8.27. The van der Waals surface area contributed by atoms with E-state index in [1.54, 1.807) is 18.2 Å². The van der Waals surface area contributed by atoms with Gasteiger partial charge in [-0.2, -0.15) is 0 Å². The lowest BCUT2D eigenvalue weighted by Gasteiger charge is -2.15. The van der Waals surface area contributed by atoms with Crippen LogP contribution in [0.2, 0.25) is 10.0 Å². The molecule has 1 aliphatic heterocycles. The number of rotatable bonds is 3. The maximum Gasteiger partial charge on any atom is 0.282 e. The van der Waals surface area contributed by atoms with Crippen LogP contribution in [0, 0.1) is 6.92 Å². The van der Waals surface area contributed by atoms with Crippen LogP contribution in [0.5, 0.6) is 11.5 Å². The molecule has 1 aliphatic rings. The van der Waals surface area contributed by atoms with Gasteiger partial charge in [0.1, 0.15) is 5.57 Å². The smallest absolute Gasteiger partial charge is 0.282 e. The van der Waals surface area contributed by atoms with Crippen molar-refractivity contribution in [3.63, 3.8) is 0 Å². The van der Waals surface area contributed by atoms with Crippen molar-refractivity contribution < 1.29 is 19.4 Å². The first-order valence-electron chi connectivity index (χ1n) is 7.51. The van der Waals surface area contributed by atoms with Crippen LogP contribution in [-0.2, 0) is 9.59 Å². The normalized spacial score (nSPS) is 15.5. The van der Waals surface area contributed by atoms with Gasteiger partial charge in [-0.3, -0.25) is 15.0 Å². The summed E-state index contributed by atoms with van der Waals surface area (Å²) in [5.74, 6) is -1.17. The molecule has 2 amide bonds. The Hall–Kier alpha value is -2.70. The molecular weight excluding hydrogens is 379 g/mol. The molecule has 0 spiro atoms. The van der Waals surface area contributed by atoms with Crippen molar-refractivity contribution in [3.05, 3.63) is 57.1 Å². The Kier molecular flexibility index (Phi) is 4.80. The number of amides is 2. The molecule has 6 nitrogen and oxygen atoms in total. The highest BCUT2D eigenvalue weighted by molar-refractivity contribution is 6.34. The van der Waals surface area contributed by atoms with E-state index in [1.165, 1.54) is 25.3 Å². The molecule has 0 aliphatic carbocycles. The standard InChI is InChI=1S/C18H14Cl2N2O4/c1-9-3-4-11(8-13(9)19)22-18(25)12(17(24)21-22)5-10-6-14(20)16(23)15(7-10)26-2/h3-8,23H,1-2H3,(H,21,24)/b12-5+. The summed E-state index contributed by atoms with van der Waals surface area (Å²) in [6, 6.07) is 7.93. The zero-order chi connectivity index (χ0) is 19.0. The molecule has 3 rings (SSSR count). The van der Waals surface area contributed by atoms with Gasteiger partial charge >= 0.3 is 0 Å². The fraction of sp³-hybridized carbons (Fsp3) is 0.111. The molecule has 0 radical (unpaired) electrons. The number of hydrogen-bond donors (Lipinski definition) is 2. The van der Waals surface area contributed by atoms with Crippen molar-refractivity contribution in [1.29, 1.82) is 0 Å². The summed E-state index contributed by atoms with van der Waals surface area (Å²) < 4.78 is 5.03. The van der Waals surface area contributed by atoms with Crippen LogP contribution >= 0.6 is 23.2 Å². The van der Waals surface area contributed by atoms with Crippen LogP contribution in [-0.4, -0.2) is 24.0 Å². The van der Waals surface area contributed by atoms with Gasteiger partial charge in [-0.05, 0) is 48.4 Å². The number of carbonyl (C=O) groups excluding carboxylic acids is 2. The Labute approximate surface area is 159 Å². The van der Waals surface area contributed by atoms with Crippen molar-refractivity contribution in [3.8, 4) is 11.5 Å². The van der Waals surface area contributed by atoms with E-state index in [4.69, 9.17) is 27.9 Å². The summed E-state index contributed by atoms with van der Waals surface area (Å²) in [4.78, 5) is 24.9. The molecule has 0 unspecified atom stereocenters. The molecule has 2 aromatic rings. The number of nitrogens with zero attached hydrogens (tertiary/aromatic N) is 1. The van der Waals surface area contributed by atoms with Gasteiger partial charge in [0.15, 0.2) is 11.5 Å². The molecule has 1 fully saturated rings. The van der Waals surface area contributed by atoms with Gasteiger partial charge in [0, 0.05) is 5.02 Å². The van der Waals surface area contributed by atoms with Crippen molar-refractivity contribution in [2.75, 3.05) is 12.1 Å².